The molecule has 0 aromatic carbocycles. The summed E-state index contributed by atoms with van der Waals surface area (Å²) in [7, 11) is 0. The van der Waals surface area contributed by atoms with Crippen LogP contribution in [-0.4, -0.2) is 11.8 Å². The summed E-state index contributed by atoms with van der Waals surface area (Å²) < 4.78 is 0. The quantitative estimate of drug-likeness (QED) is 0.770. The molecular weight excluding hydrogens is 282 g/mol. The largest absolute Gasteiger partial charge is 0.328 e. The molecule has 2 nitrogen and oxygen atoms in total. The van der Waals surface area contributed by atoms with Crippen LogP contribution in [-0.2, 0) is 4.79 Å². The summed E-state index contributed by atoms with van der Waals surface area (Å²) in [5.41, 5.74) is 7.13. The summed E-state index contributed by atoms with van der Waals surface area (Å²) in [5, 5.41) is 0. The number of fused-ring (bicyclic) bond motifs is 5. The van der Waals surface area contributed by atoms with Gasteiger partial charge >= 0.3 is 0 Å². The topological polar surface area (TPSA) is 43.1 Å². The van der Waals surface area contributed by atoms with Crippen LogP contribution in [0.5, 0.6) is 0 Å². The van der Waals surface area contributed by atoms with E-state index in [1.54, 1.807) is 0 Å². The SMILES string of the molecule is CC(=O)C1CCC2C3CC[C@H]4C[C@@H](N)CCC4(C)C3CCC12C. The van der Waals surface area contributed by atoms with E-state index in [2.05, 4.69) is 13.8 Å². The van der Waals surface area contributed by atoms with Crippen molar-refractivity contribution in [2.24, 2.45) is 46.2 Å². The van der Waals surface area contributed by atoms with E-state index in [1.165, 1.54) is 51.4 Å². The van der Waals surface area contributed by atoms with Crippen molar-refractivity contribution in [1.82, 2.24) is 0 Å². The highest BCUT2D eigenvalue weighted by atomic mass is 16.1. The number of Topliss-reactive ketones (excluding diaryl/α,β-unsaturated/α-hetero) is 1. The molecule has 0 aliphatic heterocycles. The molecule has 4 aliphatic carbocycles. The number of nitrogens with two attached hydrogens (primary N) is 1. The van der Waals surface area contributed by atoms with Crippen LogP contribution in [0.1, 0.15) is 78.6 Å². The second-order valence-corrected chi connectivity index (χ2v) is 9.98. The zero-order chi connectivity index (χ0) is 16.4. The predicted molar refractivity (Wildman–Crippen MR) is 93.9 cm³/mol. The maximum Gasteiger partial charge on any atom is 0.133 e. The molecule has 0 radical (unpaired) electrons. The molecule has 0 heterocycles. The molecule has 0 aromatic heterocycles. The average molecular weight is 318 g/mol. The first-order valence-electron chi connectivity index (χ1n) is 10.1. The molecule has 0 bridgehead atoms. The zero-order valence-corrected chi connectivity index (χ0v) is 15.3. The number of hydrogen-bond acceptors (Lipinski definition) is 2. The number of ketones is 1. The van der Waals surface area contributed by atoms with Crippen LogP contribution >= 0.6 is 0 Å². The van der Waals surface area contributed by atoms with Gasteiger partial charge in [-0.25, -0.2) is 0 Å². The van der Waals surface area contributed by atoms with Crippen molar-refractivity contribution in [2.45, 2.75) is 84.6 Å². The van der Waals surface area contributed by atoms with Crippen LogP contribution in [0, 0.1) is 40.4 Å². The van der Waals surface area contributed by atoms with Gasteiger partial charge in [0, 0.05) is 12.0 Å². The van der Waals surface area contributed by atoms with Gasteiger partial charge in [0.15, 0.2) is 0 Å². The Morgan fingerprint density at radius 1 is 0.913 bits per heavy atom. The predicted octanol–water partition coefficient (Wildman–Crippen LogP) is 4.56. The maximum atomic E-state index is 12.2. The van der Waals surface area contributed by atoms with E-state index in [0.717, 1.165) is 30.1 Å². The summed E-state index contributed by atoms with van der Waals surface area (Å²) in [6.45, 7) is 6.89. The minimum absolute atomic E-state index is 0.307. The average Bonchev–Trinajstić information content (AvgIpc) is 2.85. The first-order chi connectivity index (χ1) is 10.9. The molecule has 23 heavy (non-hydrogen) atoms. The normalized spacial score (nSPS) is 55.7. The molecule has 4 aliphatic rings. The number of hydrogen-bond donors (Lipinski definition) is 1. The van der Waals surface area contributed by atoms with Crippen molar-refractivity contribution < 1.29 is 4.79 Å². The molecule has 0 spiro atoms. The van der Waals surface area contributed by atoms with Gasteiger partial charge in [-0.1, -0.05) is 13.8 Å². The molecule has 2 N–H and O–H groups in total. The molecule has 6 unspecified atom stereocenters. The Labute approximate surface area is 142 Å². The molecule has 130 valence electrons. The van der Waals surface area contributed by atoms with Crippen molar-refractivity contribution in [3.63, 3.8) is 0 Å². The van der Waals surface area contributed by atoms with E-state index in [1.807, 2.05) is 6.92 Å². The van der Waals surface area contributed by atoms with E-state index in [9.17, 15) is 4.79 Å². The molecule has 2 heteroatoms. The van der Waals surface area contributed by atoms with E-state index < -0.39 is 0 Å². The van der Waals surface area contributed by atoms with Gasteiger partial charge in [-0.3, -0.25) is 4.79 Å². The van der Waals surface area contributed by atoms with Gasteiger partial charge in [-0.05, 0) is 99.2 Å². The zero-order valence-electron chi connectivity index (χ0n) is 15.3. The fourth-order valence-corrected chi connectivity index (χ4v) is 7.96. The second-order valence-electron chi connectivity index (χ2n) is 9.98. The lowest BCUT2D eigenvalue weighted by Gasteiger charge is -2.61. The molecule has 0 aromatic rings. The minimum atomic E-state index is 0.307. The highest BCUT2D eigenvalue weighted by Gasteiger charge is 2.60. The Kier molecular flexibility index (Phi) is 3.72. The van der Waals surface area contributed by atoms with Crippen molar-refractivity contribution >= 4 is 5.78 Å². The molecule has 0 saturated heterocycles. The summed E-state index contributed by atoms with van der Waals surface area (Å²) in [6.07, 6.45) is 11.8. The summed E-state index contributed by atoms with van der Waals surface area (Å²) >= 11 is 0. The van der Waals surface area contributed by atoms with E-state index in [0.29, 0.717) is 28.6 Å². The number of carbonyl (C=O) groups is 1. The lowest BCUT2D eigenvalue weighted by molar-refractivity contribution is -0.134. The van der Waals surface area contributed by atoms with Crippen molar-refractivity contribution in [3.05, 3.63) is 0 Å². The molecule has 4 rings (SSSR count). The Hall–Kier alpha value is -0.370. The summed E-state index contributed by atoms with van der Waals surface area (Å²) in [4.78, 5) is 12.2. The van der Waals surface area contributed by atoms with Gasteiger partial charge in [-0.15, -0.1) is 0 Å². The third-order valence-corrected chi connectivity index (χ3v) is 9.20. The van der Waals surface area contributed by atoms with Crippen LogP contribution in [0.15, 0.2) is 0 Å². The Morgan fingerprint density at radius 3 is 2.35 bits per heavy atom. The van der Waals surface area contributed by atoms with Crippen molar-refractivity contribution in [2.75, 3.05) is 0 Å². The summed E-state index contributed by atoms with van der Waals surface area (Å²) in [6, 6.07) is 0.451. The van der Waals surface area contributed by atoms with Crippen LogP contribution < -0.4 is 5.73 Å². The van der Waals surface area contributed by atoms with Gasteiger partial charge in [-0.2, -0.15) is 0 Å². The monoisotopic (exact) mass is 317 g/mol. The van der Waals surface area contributed by atoms with E-state index in [4.69, 9.17) is 5.73 Å². The van der Waals surface area contributed by atoms with Crippen LogP contribution in [0.2, 0.25) is 0 Å². The molecule has 4 saturated carbocycles. The van der Waals surface area contributed by atoms with Gasteiger partial charge in [0.25, 0.3) is 0 Å². The first kappa shape index (κ1) is 16.1. The third-order valence-electron chi connectivity index (χ3n) is 9.20. The Morgan fingerprint density at radius 2 is 1.61 bits per heavy atom. The van der Waals surface area contributed by atoms with Gasteiger partial charge in [0.1, 0.15) is 5.78 Å². The van der Waals surface area contributed by atoms with Gasteiger partial charge in [0.05, 0.1) is 0 Å². The lowest BCUT2D eigenvalue weighted by Crippen LogP contribution is -2.54. The van der Waals surface area contributed by atoms with Gasteiger partial charge in [0.2, 0.25) is 0 Å². The Bertz CT molecular complexity index is 502. The molecule has 8 atom stereocenters. The van der Waals surface area contributed by atoms with Crippen molar-refractivity contribution in [3.8, 4) is 0 Å². The fourth-order valence-electron chi connectivity index (χ4n) is 7.96. The fraction of sp³-hybridized carbons (Fsp3) is 0.952. The van der Waals surface area contributed by atoms with Crippen LogP contribution in [0.4, 0.5) is 0 Å². The highest BCUT2D eigenvalue weighted by molar-refractivity contribution is 5.79. The Balaban J connectivity index is 1.61. The lowest BCUT2D eigenvalue weighted by atomic mass is 9.44. The maximum absolute atomic E-state index is 12.2. The number of rotatable bonds is 1. The smallest absolute Gasteiger partial charge is 0.133 e. The van der Waals surface area contributed by atoms with Gasteiger partial charge < -0.3 is 5.73 Å². The molecular formula is C21H35NO. The van der Waals surface area contributed by atoms with Crippen molar-refractivity contribution in [1.29, 1.82) is 0 Å². The van der Waals surface area contributed by atoms with Crippen LogP contribution in [0.3, 0.4) is 0 Å². The van der Waals surface area contributed by atoms with Crippen LogP contribution in [0.25, 0.3) is 0 Å². The molecule has 0 amide bonds. The third kappa shape index (κ3) is 2.19. The van der Waals surface area contributed by atoms with E-state index >= 15 is 0 Å². The second kappa shape index (κ2) is 5.31. The minimum Gasteiger partial charge on any atom is -0.328 e. The van der Waals surface area contributed by atoms with E-state index in [-0.39, 0.29) is 0 Å². The first-order valence-corrected chi connectivity index (χ1v) is 10.1. The standard InChI is InChI=1S/C21H35NO/c1-13(23)17-6-7-18-16-5-4-14-12-15(22)8-10-20(14,2)19(16)9-11-21(17,18)3/h14-19H,4-12,22H2,1-3H3/t14-,15-,16?,17?,18?,19?,20?,21?/m0/s1. The highest BCUT2D eigenvalue weighted by Crippen LogP contribution is 2.67. The number of carbonyl (C=O) groups excluding carboxylic acids is 1. The summed E-state index contributed by atoms with van der Waals surface area (Å²) in [5.74, 6) is 4.26. The molecule has 4 fully saturated rings.